The molecule has 0 aromatic carbocycles. The lowest BCUT2D eigenvalue weighted by Crippen LogP contribution is -2.58. The van der Waals surface area contributed by atoms with E-state index in [0.717, 1.165) is 0 Å². The molecule has 0 unspecified atom stereocenters. The highest BCUT2D eigenvalue weighted by Gasteiger charge is 2.22. The van der Waals surface area contributed by atoms with Gasteiger partial charge in [-0.3, -0.25) is 0 Å². The molecule has 7 heteroatoms. The van der Waals surface area contributed by atoms with Gasteiger partial charge in [0, 0.05) is 6.42 Å². The van der Waals surface area contributed by atoms with Crippen LogP contribution in [0.25, 0.3) is 0 Å². The summed E-state index contributed by atoms with van der Waals surface area (Å²) in [7, 11) is 0. The van der Waals surface area contributed by atoms with Crippen LogP contribution in [0.2, 0.25) is 0 Å². The lowest BCUT2D eigenvalue weighted by atomic mass is 10.2. The van der Waals surface area contributed by atoms with Gasteiger partial charge in [-0.25, -0.2) is 0 Å². The third kappa shape index (κ3) is 13.1. The average molecular weight is 188 g/mol. The molecule has 0 radical (unpaired) electrons. The highest BCUT2D eigenvalue weighted by molar-refractivity contribution is 5.85. The summed E-state index contributed by atoms with van der Waals surface area (Å²) in [5.41, 5.74) is 15.2. The van der Waals surface area contributed by atoms with Crippen LogP contribution in [0.4, 0.5) is 0 Å². The van der Waals surface area contributed by atoms with Crippen LogP contribution in [-0.4, -0.2) is 27.1 Å². The summed E-state index contributed by atoms with van der Waals surface area (Å²) in [5.74, 6) is -4.21. The third-order valence-electron chi connectivity index (χ3n) is 0.893. The topological polar surface area (TPSA) is 139 Å². The number of rotatable bonds is 3. The fourth-order valence-corrected chi connectivity index (χ4v) is 0.384. The van der Waals surface area contributed by atoms with Crippen molar-refractivity contribution in [1.29, 1.82) is 0 Å². The van der Waals surface area contributed by atoms with Crippen LogP contribution in [-0.2, 0) is 0 Å². The van der Waals surface area contributed by atoms with E-state index in [9.17, 15) is 0 Å². The second kappa shape index (κ2) is 4.17. The highest BCUT2D eigenvalue weighted by atomic mass is 35.5. The quantitative estimate of drug-likeness (QED) is 0.267. The minimum absolute atomic E-state index is 0. The molecule has 0 spiro atoms. The van der Waals surface area contributed by atoms with Gasteiger partial charge in [-0.15, -0.1) is 12.4 Å². The molecule has 0 saturated heterocycles. The molecule has 11 heavy (non-hydrogen) atoms. The van der Waals surface area contributed by atoms with E-state index in [2.05, 4.69) is 0 Å². The molecule has 0 bridgehead atoms. The predicted octanol–water partition coefficient (Wildman–Crippen LogP) is -2.65. The van der Waals surface area contributed by atoms with Gasteiger partial charge in [0.15, 0.2) is 0 Å². The lowest BCUT2D eigenvalue weighted by molar-refractivity contribution is -0.316. The van der Waals surface area contributed by atoms with Gasteiger partial charge in [0.1, 0.15) is 5.79 Å². The van der Waals surface area contributed by atoms with Crippen LogP contribution in [0.3, 0.4) is 0 Å². The van der Waals surface area contributed by atoms with Crippen LogP contribution >= 0.6 is 12.4 Å². The Morgan fingerprint density at radius 3 is 1.36 bits per heavy atom. The van der Waals surface area contributed by atoms with Crippen molar-refractivity contribution in [3.63, 3.8) is 0 Å². The van der Waals surface area contributed by atoms with E-state index in [4.69, 9.17) is 32.5 Å². The van der Waals surface area contributed by atoms with Crippen LogP contribution in [0.15, 0.2) is 0 Å². The maximum absolute atomic E-state index is 8.33. The first-order valence-electron chi connectivity index (χ1n) is 2.74. The third-order valence-corrected chi connectivity index (χ3v) is 0.893. The van der Waals surface area contributed by atoms with E-state index in [1.807, 2.05) is 0 Å². The molecule has 0 amide bonds. The minimum Gasteiger partial charge on any atom is -0.344 e. The Bertz CT molecular complexity index is 94.1. The van der Waals surface area contributed by atoms with Gasteiger partial charge < -0.3 is 32.5 Å². The van der Waals surface area contributed by atoms with E-state index >= 15 is 0 Å². The average Bonchev–Trinajstić information content (AvgIpc) is 1.57. The monoisotopic (exact) mass is 187 g/mol. The molecule has 0 rings (SSSR count). The molecule has 6 nitrogen and oxygen atoms in total. The molecule has 0 aromatic heterocycles. The Morgan fingerprint density at radius 1 is 0.909 bits per heavy atom. The fraction of sp³-hybridized carbons (Fsp3) is 1.00. The minimum atomic E-state index is -2.73. The van der Waals surface area contributed by atoms with Crippen molar-refractivity contribution in [3.8, 4) is 0 Å². The van der Waals surface area contributed by atoms with Crippen molar-refractivity contribution in [2.75, 3.05) is 0 Å². The summed E-state index contributed by atoms with van der Waals surface area (Å²) in [4.78, 5) is 0. The summed E-state index contributed by atoms with van der Waals surface area (Å²) in [6.45, 7) is 0. The molecule has 0 atom stereocenters. The molecule has 9 N–H and O–H groups in total. The molecule has 0 saturated carbocycles. The highest BCUT2D eigenvalue weighted by Crippen LogP contribution is 2.06. The Hall–Kier alpha value is 0.0500. The molecule has 0 aromatic rings. The van der Waals surface area contributed by atoms with Gasteiger partial charge in [-0.05, 0) is 6.42 Å². The fourth-order valence-electron chi connectivity index (χ4n) is 0.384. The first-order valence-corrected chi connectivity index (χ1v) is 2.74. The van der Waals surface area contributed by atoms with E-state index in [0.29, 0.717) is 0 Å². The first-order chi connectivity index (χ1) is 4.21. The molecule has 0 aliphatic carbocycles. The van der Waals surface area contributed by atoms with Crippen molar-refractivity contribution in [3.05, 3.63) is 0 Å². The SMILES string of the molecule is Cl.NC(N)(N)CCC(O)(O)O. The number of hydrogen-bond acceptors (Lipinski definition) is 6. The summed E-state index contributed by atoms with van der Waals surface area (Å²) in [6, 6.07) is 0. The summed E-state index contributed by atoms with van der Waals surface area (Å²) in [6.07, 6.45) is -0.465. The van der Waals surface area contributed by atoms with Crippen LogP contribution < -0.4 is 17.2 Å². The van der Waals surface area contributed by atoms with Crippen LogP contribution in [0.1, 0.15) is 12.8 Å². The van der Waals surface area contributed by atoms with Gasteiger partial charge in [0.25, 0.3) is 5.97 Å². The number of halogens is 1. The zero-order chi connectivity index (χ0) is 8.41. The molecule has 0 aliphatic rings. The molecule has 0 fully saturated rings. The molecule has 0 heterocycles. The number of aliphatic hydroxyl groups is 3. The van der Waals surface area contributed by atoms with Crippen molar-refractivity contribution < 1.29 is 15.3 Å². The Morgan fingerprint density at radius 2 is 1.27 bits per heavy atom. The molecule has 0 aliphatic heterocycles. The lowest BCUT2D eigenvalue weighted by Gasteiger charge is -2.21. The standard InChI is InChI=1S/C4H13N3O3.ClH/c5-3(6,7)1-2-4(8,9)10;/h8-10H,1-2,5-7H2;1H. The molecular weight excluding hydrogens is 174 g/mol. The zero-order valence-electron chi connectivity index (χ0n) is 5.90. The zero-order valence-corrected chi connectivity index (χ0v) is 6.71. The Balaban J connectivity index is 0. The van der Waals surface area contributed by atoms with E-state index < -0.39 is 11.8 Å². The molecule has 70 valence electrons. The molecular formula is C4H14ClN3O3. The summed E-state index contributed by atoms with van der Waals surface area (Å²) in [5, 5.41) is 25.0. The maximum atomic E-state index is 8.33. The van der Waals surface area contributed by atoms with Crippen LogP contribution in [0.5, 0.6) is 0 Å². The Labute approximate surface area is 70.4 Å². The van der Waals surface area contributed by atoms with E-state index in [1.165, 1.54) is 0 Å². The second-order valence-electron chi connectivity index (χ2n) is 2.39. The van der Waals surface area contributed by atoms with Crippen molar-refractivity contribution in [2.45, 2.75) is 24.6 Å². The van der Waals surface area contributed by atoms with Gasteiger partial charge in [-0.2, -0.15) is 0 Å². The van der Waals surface area contributed by atoms with Crippen molar-refractivity contribution >= 4 is 12.4 Å². The number of hydrogen-bond donors (Lipinski definition) is 6. The largest absolute Gasteiger partial charge is 0.344 e. The van der Waals surface area contributed by atoms with Gasteiger partial charge in [-0.1, -0.05) is 0 Å². The van der Waals surface area contributed by atoms with E-state index in [-0.39, 0.29) is 25.2 Å². The predicted molar refractivity (Wildman–Crippen MR) is 41.2 cm³/mol. The summed E-state index contributed by atoms with van der Waals surface area (Å²) < 4.78 is 0. The summed E-state index contributed by atoms with van der Waals surface area (Å²) >= 11 is 0. The normalized spacial score (nSPS) is 12.5. The first kappa shape index (κ1) is 13.6. The van der Waals surface area contributed by atoms with Crippen LogP contribution in [0, 0.1) is 0 Å². The van der Waals surface area contributed by atoms with Crippen molar-refractivity contribution in [2.24, 2.45) is 17.2 Å². The Kier molecular flexibility index (Phi) is 5.17. The van der Waals surface area contributed by atoms with Crippen molar-refractivity contribution in [1.82, 2.24) is 0 Å². The smallest absolute Gasteiger partial charge is 0.275 e. The van der Waals surface area contributed by atoms with Gasteiger partial charge in [0.2, 0.25) is 0 Å². The van der Waals surface area contributed by atoms with Gasteiger partial charge >= 0.3 is 0 Å². The number of nitrogens with two attached hydrogens (primary N) is 3. The van der Waals surface area contributed by atoms with Gasteiger partial charge in [0.05, 0.1) is 0 Å². The second-order valence-corrected chi connectivity index (χ2v) is 2.39. The van der Waals surface area contributed by atoms with E-state index in [1.54, 1.807) is 0 Å². The maximum Gasteiger partial charge on any atom is 0.275 e.